The smallest absolute Gasteiger partial charge is 0.469 e. The molecule has 0 aliphatic heterocycles. The first-order valence-corrected chi connectivity index (χ1v) is 9.79. The number of carbonyl (C=O) groups excluding carboxylic acids is 2. The number of methoxy groups -OCH3 is 1. The predicted molar refractivity (Wildman–Crippen MR) is 99.8 cm³/mol. The molecular formula is C18H26FNO7S. The van der Waals surface area contributed by atoms with E-state index in [1.54, 1.807) is 27.7 Å². The van der Waals surface area contributed by atoms with Crippen molar-refractivity contribution < 1.29 is 35.5 Å². The van der Waals surface area contributed by atoms with Crippen molar-refractivity contribution in [2.45, 2.75) is 53.2 Å². The Balaban J connectivity index is 3.12. The van der Waals surface area contributed by atoms with E-state index in [1.165, 1.54) is 20.1 Å². The molecule has 0 spiro atoms. The fourth-order valence-electron chi connectivity index (χ4n) is 2.53. The van der Waals surface area contributed by atoms with Crippen LogP contribution in [0.5, 0.6) is 5.75 Å². The van der Waals surface area contributed by atoms with Crippen molar-refractivity contribution in [3.8, 4) is 5.75 Å². The zero-order chi connectivity index (χ0) is 21.7. The van der Waals surface area contributed by atoms with E-state index in [-0.39, 0.29) is 25.3 Å². The van der Waals surface area contributed by atoms with Crippen molar-refractivity contribution in [3.63, 3.8) is 0 Å². The van der Waals surface area contributed by atoms with Gasteiger partial charge in [0.25, 0.3) is 0 Å². The van der Waals surface area contributed by atoms with Gasteiger partial charge >= 0.3 is 22.4 Å². The van der Waals surface area contributed by atoms with E-state index in [2.05, 4.69) is 14.2 Å². The van der Waals surface area contributed by atoms with Crippen LogP contribution in [0, 0.1) is 13.8 Å². The van der Waals surface area contributed by atoms with Gasteiger partial charge in [-0.15, -0.1) is 0 Å². The average Bonchev–Trinajstić information content (AvgIpc) is 2.52. The first-order chi connectivity index (χ1) is 12.7. The summed E-state index contributed by atoms with van der Waals surface area (Å²) in [4.78, 5) is 23.5. The van der Waals surface area contributed by atoms with Gasteiger partial charge in [0.05, 0.1) is 20.1 Å². The molecule has 0 aliphatic rings. The Hall–Kier alpha value is -2.20. The molecule has 28 heavy (non-hydrogen) atoms. The van der Waals surface area contributed by atoms with Crippen molar-refractivity contribution in [1.29, 1.82) is 0 Å². The fraction of sp³-hybridized carbons (Fsp3) is 0.556. The van der Waals surface area contributed by atoms with Crippen LogP contribution in [-0.2, 0) is 42.5 Å². The third-order valence-corrected chi connectivity index (χ3v) is 4.18. The van der Waals surface area contributed by atoms with Crippen LogP contribution in [0.4, 0.5) is 3.89 Å². The quantitative estimate of drug-likeness (QED) is 0.504. The minimum atomic E-state index is -5.25. The molecule has 1 aromatic rings. The average molecular weight is 419 g/mol. The molecule has 0 atom stereocenters. The van der Waals surface area contributed by atoms with Gasteiger partial charge in [0.2, 0.25) is 0 Å². The van der Waals surface area contributed by atoms with E-state index >= 15 is 0 Å². The molecule has 0 bridgehead atoms. The van der Waals surface area contributed by atoms with Gasteiger partial charge in [-0.05, 0) is 62.9 Å². The van der Waals surface area contributed by atoms with Gasteiger partial charge in [-0.25, -0.2) is 0 Å². The number of benzene rings is 1. The molecule has 1 aromatic carbocycles. The first kappa shape index (κ1) is 23.8. The lowest BCUT2D eigenvalue weighted by molar-refractivity contribution is -0.153. The van der Waals surface area contributed by atoms with Gasteiger partial charge in [-0.3, -0.25) is 9.59 Å². The van der Waals surface area contributed by atoms with Gasteiger partial charge < -0.3 is 19.0 Å². The maximum atomic E-state index is 13.0. The number of rotatable bonds is 8. The molecular weight excluding hydrogens is 393 g/mol. The number of hydrogen-bond acceptors (Lipinski definition) is 8. The molecule has 0 saturated carbocycles. The summed E-state index contributed by atoms with van der Waals surface area (Å²) in [6.07, 6.45) is -0.142. The first-order valence-electron chi connectivity index (χ1n) is 8.49. The molecule has 0 unspecified atom stereocenters. The summed E-state index contributed by atoms with van der Waals surface area (Å²) in [7, 11) is -4.02. The van der Waals surface area contributed by atoms with E-state index in [0.29, 0.717) is 22.3 Å². The Morgan fingerprint density at radius 3 is 2.25 bits per heavy atom. The minimum absolute atomic E-state index is 0.0888. The number of esters is 2. The third kappa shape index (κ3) is 7.81. The molecule has 0 fully saturated rings. The van der Waals surface area contributed by atoms with Crippen molar-refractivity contribution in [3.05, 3.63) is 28.3 Å². The highest BCUT2D eigenvalue weighted by Gasteiger charge is 2.21. The van der Waals surface area contributed by atoms with Gasteiger partial charge in [0.15, 0.2) is 0 Å². The van der Waals surface area contributed by atoms with Crippen LogP contribution >= 0.6 is 0 Å². The molecule has 8 nitrogen and oxygen atoms in total. The monoisotopic (exact) mass is 419 g/mol. The van der Waals surface area contributed by atoms with Crippen molar-refractivity contribution in [2.24, 2.45) is 0 Å². The summed E-state index contributed by atoms with van der Waals surface area (Å²) in [5, 5.41) is 2.88. The number of nitrogens with one attached hydrogen (secondary N) is 1. The van der Waals surface area contributed by atoms with E-state index in [1.807, 2.05) is 0 Å². The molecule has 1 rings (SSSR count). The van der Waals surface area contributed by atoms with Crippen LogP contribution in [0.2, 0.25) is 0 Å². The minimum Gasteiger partial charge on any atom is -0.469 e. The SMILES string of the molecule is COC(=O)Cc1c(C)c(CNCC(=O)OC(C)(C)C)cc(OS(=O)(=O)F)c1C. The number of ether oxygens (including phenoxy) is 2. The Morgan fingerprint density at radius 1 is 1.14 bits per heavy atom. The number of halogens is 1. The van der Waals surface area contributed by atoms with Crippen molar-refractivity contribution >= 4 is 22.4 Å². The second kappa shape index (κ2) is 9.33. The molecule has 0 radical (unpaired) electrons. The maximum Gasteiger partial charge on any atom is 0.488 e. The lowest BCUT2D eigenvalue weighted by Crippen LogP contribution is -2.31. The van der Waals surface area contributed by atoms with E-state index < -0.39 is 28.0 Å². The summed E-state index contributed by atoms with van der Waals surface area (Å²) >= 11 is 0. The van der Waals surface area contributed by atoms with Gasteiger partial charge in [0.1, 0.15) is 11.4 Å². The summed E-state index contributed by atoms with van der Waals surface area (Å²) in [5.74, 6) is -1.24. The van der Waals surface area contributed by atoms with Gasteiger partial charge in [-0.2, -0.15) is 8.42 Å². The highest BCUT2D eigenvalue weighted by atomic mass is 32.3. The Bertz CT molecular complexity index is 844. The second-order valence-corrected chi connectivity index (χ2v) is 8.13. The highest BCUT2D eigenvalue weighted by Crippen LogP contribution is 2.30. The summed E-state index contributed by atoms with van der Waals surface area (Å²) in [6.45, 7) is 8.53. The van der Waals surface area contributed by atoms with Gasteiger partial charge in [-0.1, -0.05) is 3.89 Å². The normalized spacial score (nSPS) is 11.8. The highest BCUT2D eigenvalue weighted by molar-refractivity contribution is 7.81. The zero-order valence-corrected chi connectivity index (χ0v) is 17.7. The maximum absolute atomic E-state index is 13.0. The van der Waals surface area contributed by atoms with Crippen LogP contribution in [0.25, 0.3) is 0 Å². The largest absolute Gasteiger partial charge is 0.488 e. The molecule has 0 heterocycles. The molecule has 0 saturated heterocycles. The van der Waals surface area contributed by atoms with E-state index in [9.17, 15) is 21.9 Å². The van der Waals surface area contributed by atoms with Crippen LogP contribution in [0.3, 0.4) is 0 Å². The molecule has 1 N–H and O–H groups in total. The summed E-state index contributed by atoms with van der Waals surface area (Å²) < 4.78 is 49.1. The molecule has 0 aromatic heterocycles. The Labute approximate surface area is 164 Å². The zero-order valence-electron chi connectivity index (χ0n) is 16.8. The van der Waals surface area contributed by atoms with Crippen LogP contribution < -0.4 is 9.50 Å². The van der Waals surface area contributed by atoms with Crippen LogP contribution in [0.15, 0.2) is 6.07 Å². The lowest BCUT2D eigenvalue weighted by atomic mass is 9.94. The molecule has 158 valence electrons. The van der Waals surface area contributed by atoms with Crippen LogP contribution in [-0.4, -0.2) is 39.6 Å². The molecule has 0 amide bonds. The number of hydrogen-bond donors (Lipinski definition) is 1. The standard InChI is InChI=1S/C18H26FNO7S/c1-11-13(9-20-10-17(22)26-18(3,4)5)7-15(27-28(19,23)24)12(2)14(11)8-16(21)25-6/h7,20H,8-10H2,1-6H3. The Morgan fingerprint density at radius 2 is 1.75 bits per heavy atom. The number of carbonyl (C=O) groups is 2. The van der Waals surface area contributed by atoms with Gasteiger partial charge in [0, 0.05) is 6.54 Å². The lowest BCUT2D eigenvalue weighted by Gasteiger charge is -2.20. The molecule has 0 aliphatic carbocycles. The second-order valence-electron chi connectivity index (χ2n) is 7.18. The van der Waals surface area contributed by atoms with E-state index in [4.69, 9.17) is 4.74 Å². The van der Waals surface area contributed by atoms with Crippen LogP contribution in [0.1, 0.15) is 43.0 Å². The molecule has 10 heteroatoms. The van der Waals surface area contributed by atoms with Crippen molar-refractivity contribution in [2.75, 3.05) is 13.7 Å². The Kier molecular flexibility index (Phi) is 7.94. The fourth-order valence-corrected chi connectivity index (χ4v) is 2.92. The topological polar surface area (TPSA) is 108 Å². The summed E-state index contributed by atoms with van der Waals surface area (Å²) in [5.41, 5.74) is 1.35. The predicted octanol–water partition coefficient (Wildman–Crippen LogP) is 2.04. The van der Waals surface area contributed by atoms with Crippen molar-refractivity contribution in [1.82, 2.24) is 5.32 Å². The van der Waals surface area contributed by atoms with E-state index in [0.717, 1.165) is 0 Å². The third-order valence-electron chi connectivity index (χ3n) is 3.80. The summed E-state index contributed by atoms with van der Waals surface area (Å²) in [6, 6.07) is 1.35.